The number of rotatable bonds is 3. The normalized spacial score (nSPS) is 17.5. The number of aryl methyl sites for hydroxylation is 1. The van der Waals surface area contributed by atoms with Crippen LogP contribution in [0, 0.1) is 0 Å². The zero-order valence-corrected chi connectivity index (χ0v) is 12.4. The highest BCUT2D eigenvalue weighted by atomic mass is 35.5. The summed E-state index contributed by atoms with van der Waals surface area (Å²) in [7, 11) is 4.34. The number of hydrogen-bond acceptors (Lipinski definition) is 2. The van der Waals surface area contributed by atoms with Crippen LogP contribution >= 0.6 is 11.6 Å². The molecular formula is C15H23ClN2. The molecule has 0 aliphatic carbocycles. The van der Waals surface area contributed by atoms with Crippen molar-refractivity contribution in [3.63, 3.8) is 0 Å². The second-order valence-electron chi connectivity index (χ2n) is 5.32. The van der Waals surface area contributed by atoms with Crippen molar-refractivity contribution in [1.82, 2.24) is 4.90 Å². The first-order valence-electron chi connectivity index (χ1n) is 6.81. The van der Waals surface area contributed by atoms with Crippen molar-refractivity contribution in [1.29, 1.82) is 0 Å². The largest absolute Gasteiger partial charge is 0.370 e. The summed E-state index contributed by atoms with van der Waals surface area (Å²) < 4.78 is 0. The first kappa shape index (κ1) is 13.7. The lowest BCUT2D eigenvalue weighted by Crippen LogP contribution is -2.42. The lowest BCUT2D eigenvalue weighted by atomic mass is 10.0. The molecular weight excluding hydrogens is 244 g/mol. The van der Waals surface area contributed by atoms with Crippen molar-refractivity contribution in [3.8, 4) is 0 Å². The molecule has 2 rings (SSSR count). The Morgan fingerprint density at radius 3 is 2.44 bits per heavy atom. The Balaban J connectivity index is 2.05. The van der Waals surface area contributed by atoms with Gasteiger partial charge in [0.1, 0.15) is 0 Å². The van der Waals surface area contributed by atoms with Crippen LogP contribution in [0.2, 0.25) is 5.02 Å². The molecule has 0 bridgehead atoms. The molecule has 1 aromatic rings. The lowest BCUT2D eigenvalue weighted by Gasteiger charge is -2.36. The Morgan fingerprint density at radius 1 is 1.28 bits per heavy atom. The summed E-state index contributed by atoms with van der Waals surface area (Å²) in [6.07, 6.45) is 3.49. The van der Waals surface area contributed by atoms with Crippen LogP contribution in [0.4, 0.5) is 5.69 Å². The maximum atomic E-state index is 6.39. The molecule has 0 N–H and O–H groups in total. The third-order valence-corrected chi connectivity index (χ3v) is 4.26. The maximum absolute atomic E-state index is 6.39. The first-order chi connectivity index (χ1) is 8.61. The number of benzene rings is 1. The van der Waals surface area contributed by atoms with E-state index in [0.29, 0.717) is 0 Å². The summed E-state index contributed by atoms with van der Waals surface area (Å²) in [6.45, 7) is 4.37. The fourth-order valence-electron chi connectivity index (χ4n) is 2.65. The van der Waals surface area contributed by atoms with Crippen molar-refractivity contribution in [2.75, 3.05) is 32.1 Å². The maximum Gasteiger partial charge on any atom is 0.0642 e. The summed E-state index contributed by atoms with van der Waals surface area (Å²) in [5.74, 6) is 0. The van der Waals surface area contributed by atoms with Crippen molar-refractivity contribution in [2.24, 2.45) is 0 Å². The van der Waals surface area contributed by atoms with Crippen LogP contribution in [0.5, 0.6) is 0 Å². The molecule has 0 saturated carbocycles. The summed E-state index contributed by atoms with van der Waals surface area (Å²) in [6, 6.07) is 7.20. The molecule has 100 valence electrons. The molecule has 0 spiro atoms. The Hall–Kier alpha value is -0.730. The van der Waals surface area contributed by atoms with E-state index in [-0.39, 0.29) is 0 Å². The van der Waals surface area contributed by atoms with E-state index in [0.717, 1.165) is 30.6 Å². The van der Waals surface area contributed by atoms with Gasteiger partial charge in [-0.15, -0.1) is 0 Å². The highest BCUT2D eigenvalue weighted by Gasteiger charge is 2.21. The minimum absolute atomic E-state index is 0.718. The Morgan fingerprint density at radius 2 is 1.94 bits per heavy atom. The molecule has 0 amide bonds. The summed E-state index contributed by atoms with van der Waals surface area (Å²) >= 11 is 6.39. The molecule has 3 heteroatoms. The van der Waals surface area contributed by atoms with E-state index in [4.69, 9.17) is 11.6 Å². The summed E-state index contributed by atoms with van der Waals surface area (Å²) in [4.78, 5) is 4.75. The minimum atomic E-state index is 0.718. The monoisotopic (exact) mass is 266 g/mol. The van der Waals surface area contributed by atoms with E-state index in [1.54, 1.807) is 0 Å². The first-order valence-corrected chi connectivity index (χ1v) is 7.19. The number of nitrogens with zero attached hydrogens (tertiary/aromatic N) is 2. The fraction of sp³-hybridized carbons (Fsp3) is 0.600. The van der Waals surface area contributed by atoms with Gasteiger partial charge in [0.05, 0.1) is 10.7 Å². The molecule has 18 heavy (non-hydrogen) atoms. The van der Waals surface area contributed by atoms with Gasteiger partial charge < -0.3 is 9.80 Å². The molecule has 1 heterocycles. The number of piperidine rings is 1. The SMILES string of the molecule is CCc1ccc(N2CCC(N(C)C)CC2)c(Cl)c1. The van der Waals surface area contributed by atoms with Crippen molar-refractivity contribution < 1.29 is 0 Å². The van der Waals surface area contributed by atoms with Gasteiger partial charge in [-0.1, -0.05) is 24.6 Å². The minimum Gasteiger partial charge on any atom is -0.370 e. The second kappa shape index (κ2) is 5.94. The zero-order chi connectivity index (χ0) is 13.1. The van der Waals surface area contributed by atoms with Crippen LogP contribution in [-0.2, 0) is 6.42 Å². The van der Waals surface area contributed by atoms with Crippen LogP contribution in [-0.4, -0.2) is 38.1 Å². The Labute approximate surface area is 116 Å². The molecule has 0 unspecified atom stereocenters. The van der Waals surface area contributed by atoms with E-state index < -0.39 is 0 Å². The molecule has 0 radical (unpaired) electrons. The second-order valence-corrected chi connectivity index (χ2v) is 5.73. The van der Waals surface area contributed by atoms with E-state index >= 15 is 0 Å². The van der Waals surface area contributed by atoms with Gasteiger partial charge in [0, 0.05) is 19.1 Å². The highest BCUT2D eigenvalue weighted by Crippen LogP contribution is 2.29. The van der Waals surface area contributed by atoms with Crippen LogP contribution in [0.1, 0.15) is 25.3 Å². The smallest absolute Gasteiger partial charge is 0.0642 e. The molecule has 0 aromatic heterocycles. The molecule has 1 fully saturated rings. The Kier molecular flexibility index (Phi) is 4.52. The fourth-order valence-corrected chi connectivity index (χ4v) is 2.97. The van der Waals surface area contributed by atoms with Gasteiger partial charge in [0.15, 0.2) is 0 Å². The van der Waals surface area contributed by atoms with Crippen LogP contribution in [0.3, 0.4) is 0 Å². The third-order valence-electron chi connectivity index (χ3n) is 3.96. The predicted molar refractivity (Wildman–Crippen MR) is 79.8 cm³/mol. The van der Waals surface area contributed by atoms with Crippen LogP contribution < -0.4 is 4.90 Å². The Bertz CT molecular complexity index is 395. The van der Waals surface area contributed by atoms with E-state index in [9.17, 15) is 0 Å². The summed E-state index contributed by atoms with van der Waals surface area (Å²) in [5.41, 5.74) is 2.51. The van der Waals surface area contributed by atoms with E-state index in [1.807, 2.05) is 0 Å². The van der Waals surface area contributed by atoms with E-state index in [1.165, 1.54) is 24.1 Å². The number of anilines is 1. The van der Waals surface area contributed by atoms with Crippen molar-refractivity contribution in [2.45, 2.75) is 32.2 Å². The van der Waals surface area contributed by atoms with Gasteiger partial charge in [0.25, 0.3) is 0 Å². The molecule has 1 aliphatic heterocycles. The topological polar surface area (TPSA) is 6.48 Å². The summed E-state index contributed by atoms with van der Waals surface area (Å²) in [5, 5.41) is 0.901. The standard InChI is InChI=1S/C15H23ClN2/c1-4-12-5-6-15(14(16)11-12)18-9-7-13(8-10-18)17(2)3/h5-6,11,13H,4,7-10H2,1-3H3. The van der Waals surface area contributed by atoms with Gasteiger partial charge in [-0.3, -0.25) is 0 Å². The lowest BCUT2D eigenvalue weighted by molar-refractivity contribution is 0.249. The molecule has 1 aliphatic rings. The van der Waals surface area contributed by atoms with Gasteiger partial charge in [-0.05, 0) is 51.1 Å². The van der Waals surface area contributed by atoms with Crippen molar-refractivity contribution in [3.05, 3.63) is 28.8 Å². The van der Waals surface area contributed by atoms with Gasteiger partial charge in [0.2, 0.25) is 0 Å². The van der Waals surface area contributed by atoms with Gasteiger partial charge in [-0.25, -0.2) is 0 Å². The number of halogens is 1. The average Bonchev–Trinajstić information content (AvgIpc) is 2.38. The van der Waals surface area contributed by atoms with Crippen molar-refractivity contribution >= 4 is 17.3 Å². The number of hydrogen-bond donors (Lipinski definition) is 0. The zero-order valence-electron chi connectivity index (χ0n) is 11.6. The van der Waals surface area contributed by atoms with Crippen LogP contribution in [0.25, 0.3) is 0 Å². The quantitative estimate of drug-likeness (QED) is 0.827. The average molecular weight is 267 g/mol. The third kappa shape index (κ3) is 2.99. The predicted octanol–water partition coefficient (Wildman–Crippen LogP) is 3.43. The van der Waals surface area contributed by atoms with Gasteiger partial charge in [-0.2, -0.15) is 0 Å². The molecule has 0 atom stereocenters. The van der Waals surface area contributed by atoms with Crippen LogP contribution in [0.15, 0.2) is 18.2 Å². The molecule has 2 nitrogen and oxygen atoms in total. The van der Waals surface area contributed by atoms with Gasteiger partial charge >= 0.3 is 0 Å². The van der Waals surface area contributed by atoms with E-state index in [2.05, 4.69) is 49.0 Å². The highest BCUT2D eigenvalue weighted by molar-refractivity contribution is 6.33. The molecule has 1 saturated heterocycles. The molecule has 1 aromatic carbocycles.